The lowest BCUT2D eigenvalue weighted by Crippen LogP contribution is -2.31. The molecule has 2 saturated carbocycles. The molecule has 0 radical (unpaired) electrons. The number of H-pyrrole nitrogens is 1. The smallest absolute Gasteiger partial charge is 0.261 e. The molecule has 2 aliphatic rings. The normalized spacial score (nSPS) is 26.7. The maximum Gasteiger partial charge on any atom is 0.261 e. The monoisotopic (exact) mass is 268 g/mol. The fraction of sp³-hybridized carbons (Fsp3) is 0.375. The van der Waals surface area contributed by atoms with E-state index in [9.17, 15) is 9.59 Å². The van der Waals surface area contributed by atoms with Gasteiger partial charge in [0.15, 0.2) is 0 Å². The van der Waals surface area contributed by atoms with Gasteiger partial charge in [0.1, 0.15) is 5.56 Å². The van der Waals surface area contributed by atoms with Gasteiger partial charge in [-0.3, -0.25) is 9.59 Å². The molecule has 2 atom stereocenters. The number of aromatic amines is 1. The SMILES string of the molecule is O=C(NCC1C2CCC21)c1cc2ccccc2[nH]c1=O. The lowest BCUT2D eigenvalue weighted by atomic mass is 10.0. The predicted octanol–water partition coefficient (Wildman–Crippen LogP) is 1.91. The van der Waals surface area contributed by atoms with Gasteiger partial charge in [0.2, 0.25) is 0 Å². The number of aromatic nitrogens is 1. The number of hydrogen-bond acceptors (Lipinski definition) is 2. The number of fused-ring (bicyclic) bond motifs is 2. The highest BCUT2D eigenvalue weighted by Gasteiger charge is 2.55. The maximum absolute atomic E-state index is 12.1. The average molecular weight is 268 g/mol. The molecule has 4 heteroatoms. The Labute approximate surface area is 116 Å². The van der Waals surface area contributed by atoms with Gasteiger partial charge in [-0.1, -0.05) is 18.2 Å². The van der Waals surface area contributed by atoms with Crippen LogP contribution in [-0.2, 0) is 0 Å². The third kappa shape index (κ3) is 1.75. The van der Waals surface area contributed by atoms with Crippen molar-refractivity contribution >= 4 is 16.8 Å². The number of para-hydroxylation sites is 1. The molecule has 20 heavy (non-hydrogen) atoms. The van der Waals surface area contributed by atoms with Crippen molar-refractivity contribution in [1.29, 1.82) is 0 Å². The van der Waals surface area contributed by atoms with Gasteiger partial charge in [-0.15, -0.1) is 0 Å². The van der Waals surface area contributed by atoms with Crippen LogP contribution in [0.5, 0.6) is 0 Å². The standard InChI is InChI=1S/C16H16N2O2/c19-15(17-8-13-10-5-6-11(10)13)12-7-9-3-1-2-4-14(9)18-16(12)20/h1-4,7,10-11,13H,5-6,8H2,(H,17,19)(H,18,20). The summed E-state index contributed by atoms with van der Waals surface area (Å²) in [7, 11) is 0. The summed E-state index contributed by atoms with van der Waals surface area (Å²) in [4.78, 5) is 26.9. The van der Waals surface area contributed by atoms with Crippen molar-refractivity contribution in [3.05, 3.63) is 46.2 Å². The number of carbonyl (C=O) groups is 1. The molecule has 102 valence electrons. The number of benzene rings is 1. The van der Waals surface area contributed by atoms with Gasteiger partial charge in [0.05, 0.1) is 0 Å². The molecule has 2 aliphatic carbocycles. The quantitative estimate of drug-likeness (QED) is 0.893. The molecule has 2 aromatic rings. The van der Waals surface area contributed by atoms with Crippen molar-refractivity contribution in [2.24, 2.45) is 17.8 Å². The second-order valence-electron chi connectivity index (χ2n) is 5.88. The first-order valence-corrected chi connectivity index (χ1v) is 7.14. The third-order valence-corrected chi connectivity index (χ3v) is 4.84. The molecule has 1 amide bonds. The maximum atomic E-state index is 12.1. The predicted molar refractivity (Wildman–Crippen MR) is 76.6 cm³/mol. The van der Waals surface area contributed by atoms with Crippen LogP contribution < -0.4 is 10.9 Å². The minimum absolute atomic E-state index is 0.205. The number of carbonyl (C=O) groups excluding carboxylic acids is 1. The Hall–Kier alpha value is -2.10. The molecule has 4 nitrogen and oxygen atoms in total. The topological polar surface area (TPSA) is 62.0 Å². The molecule has 0 spiro atoms. The van der Waals surface area contributed by atoms with Crippen LogP contribution in [0.25, 0.3) is 10.9 Å². The van der Waals surface area contributed by atoms with Crippen molar-refractivity contribution < 1.29 is 4.79 Å². The minimum Gasteiger partial charge on any atom is -0.352 e. The van der Waals surface area contributed by atoms with Crippen LogP contribution >= 0.6 is 0 Å². The van der Waals surface area contributed by atoms with Gasteiger partial charge in [-0.05, 0) is 48.1 Å². The molecular weight excluding hydrogens is 252 g/mol. The van der Waals surface area contributed by atoms with E-state index in [4.69, 9.17) is 0 Å². The summed E-state index contributed by atoms with van der Waals surface area (Å²) in [5, 5.41) is 3.79. The van der Waals surface area contributed by atoms with E-state index < -0.39 is 0 Å². The zero-order valence-electron chi connectivity index (χ0n) is 11.1. The zero-order chi connectivity index (χ0) is 13.7. The molecule has 1 aromatic heterocycles. The summed E-state index contributed by atoms with van der Waals surface area (Å²) in [6.07, 6.45) is 2.61. The number of hydrogen-bond donors (Lipinski definition) is 2. The van der Waals surface area contributed by atoms with Gasteiger partial charge in [0.25, 0.3) is 11.5 Å². The first-order chi connectivity index (χ1) is 9.74. The van der Waals surface area contributed by atoms with E-state index in [1.165, 1.54) is 12.8 Å². The molecule has 0 aliphatic heterocycles. The average Bonchev–Trinajstić information content (AvgIpc) is 2.94. The summed E-state index contributed by atoms with van der Waals surface area (Å²) < 4.78 is 0. The van der Waals surface area contributed by atoms with Crippen LogP contribution in [0, 0.1) is 17.8 Å². The number of amides is 1. The molecule has 2 fully saturated rings. The molecule has 4 rings (SSSR count). The van der Waals surface area contributed by atoms with Gasteiger partial charge in [0, 0.05) is 12.1 Å². The number of nitrogens with one attached hydrogen (secondary N) is 2. The highest BCUT2D eigenvalue weighted by atomic mass is 16.2. The Morgan fingerprint density at radius 3 is 2.75 bits per heavy atom. The van der Waals surface area contributed by atoms with E-state index in [0.717, 1.165) is 22.7 Å². The van der Waals surface area contributed by atoms with Crippen molar-refractivity contribution in [2.75, 3.05) is 6.54 Å². The highest BCUT2D eigenvalue weighted by molar-refractivity contribution is 5.97. The highest BCUT2D eigenvalue weighted by Crippen LogP contribution is 2.60. The van der Waals surface area contributed by atoms with E-state index in [1.54, 1.807) is 6.07 Å². The van der Waals surface area contributed by atoms with Crippen molar-refractivity contribution in [3.63, 3.8) is 0 Å². The summed E-state index contributed by atoms with van der Waals surface area (Å²) in [5.41, 5.74) is 0.644. The Balaban J connectivity index is 1.55. The molecule has 2 unspecified atom stereocenters. The molecule has 2 N–H and O–H groups in total. The molecular formula is C16H16N2O2. The number of pyridine rings is 1. The van der Waals surface area contributed by atoms with Crippen molar-refractivity contribution in [3.8, 4) is 0 Å². The Kier molecular flexibility index (Phi) is 2.46. The van der Waals surface area contributed by atoms with Crippen molar-refractivity contribution in [2.45, 2.75) is 12.8 Å². The van der Waals surface area contributed by atoms with E-state index in [2.05, 4.69) is 10.3 Å². The van der Waals surface area contributed by atoms with Gasteiger partial charge in [-0.25, -0.2) is 0 Å². The number of rotatable bonds is 3. The molecule has 0 bridgehead atoms. The molecule has 0 saturated heterocycles. The third-order valence-electron chi connectivity index (χ3n) is 4.84. The fourth-order valence-electron chi connectivity index (χ4n) is 3.43. The molecule has 1 heterocycles. The van der Waals surface area contributed by atoms with E-state index in [-0.39, 0.29) is 17.0 Å². The fourth-order valence-corrected chi connectivity index (χ4v) is 3.43. The second kappa shape index (κ2) is 4.20. The van der Waals surface area contributed by atoms with Crippen LogP contribution in [-0.4, -0.2) is 17.4 Å². The van der Waals surface area contributed by atoms with Crippen LogP contribution in [0.1, 0.15) is 23.2 Å². The Morgan fingerprint density at radius 2 is 2.00 bits per heavy atom. The Morgan fingerprint density at radius 1 is 1.25 bits per heavy atom. The largest absolute Gasteiger partial charge is 0.352 e. The first kappa shape index (κ1) is 11.7. The van der Waals surface area contributed by atoms with Crippen LogP contribution in [0.15, 0.2) is 35.1 Å². The summed E-state index contributed by atoms with van der Waals surface area (Å²) >= 11 is 0. The minimum atomic E-state index is -0.319. The lowest BCUT2D eigenvalue weighted by molar-refractivity contribution is 0.0950. The van der Waals surface area contributed by atoms with Gasteiger partial charge in [-0.2, -0.15) is 0 Å². The van der Waals surface area contributed by atoms with Crippen molar-refractivity contribution in [1.82, 2.24) is 10.3 Å². The van der Waals surface area contributed by atoms with Gasteiger partial charge >= 0.3 is 0 Å². The summed E-state index contributed by atoms with van der Waals surface area (Å²) in [6.45, 7) is 0.709. The van der Waals surface area contributed by atoms with Crippen LogP contribution in [0.2, 0.25) is 0 Å². The first-order valence-electron chi connectivity index (χ1n) is 7.14. The van der Waals surface area contributed by atoms with E-state index >= 15 is 0 Å². The van der Waals surface area contributed by atoms with E-state index in [1.807, 2.05) is 24.3 Å². The summed E-state index contributed by atoms with van der Waals surface area (Å²) in [5.74, 6) is 2.07. The zero-order valence-corrected chi connectivity index (χ0v) is 11.1. The lowest BCUT2D eigenvalue weighted by Gasteiger charge is -2.05. The Bertz CT molecular complexity index is 739. The van der Waals surface area contributed by atoms with E-state index in [0.29, 0.717) is 12.5 Å². The van der Waals surface area contributed by atoms with Crippen LogP contribution in [0.4, 0.5) is 0 Å². The second-order valence-corrected chi connectivity index (χ2v) is 5.88. The molecule has 1 aromatic carbocycles. The van der Waals surface area contributed by atoms with Crippen LogP contribution in [0.3, 0.4) is 0 Å². The summed E-state index contributed by atoms with van der Waals surface area (Å²) in [6, 6.07) is 9.15. The van der Waals surface area contributed by atoms with Gasteiger partial charge < -0.3 is 10.3 Å².